The molecule has 0 aliphatic heterocycles. The molecule has 0 fully saturated rings. The van der Waals surface area contributed by atoms with Crippen molar-refractivity contribution in [2.75, 3.05) is 13.1 Å². The summed E-state index contributed by atoms with van der Waals surface area (Å²) in [4.78, 5) is 36.3. The van der Waals surface area contributed by atoms with E-state index in [1.165, 1.54) is 0 Å². The van der Waals surface area contributed by atoms with Gasteiger partial charge in [-0.15, -0.1) is 0 Å². The first-order chi connectivity index (χ1) is 19.4. The number of benzene rings is 1. The van der Waals surface area contributed by atoms with Crippen LogP contribution in [0.5, 0.6) is 11.6 Å². The highest BCUT2D eigenvalue weighted by Gasteiger charge is 2.22. The Bertz CT molecular complexity index is 1340. The molecule has 9 nitrogen and oxygen atoms in total. The molecule has 4 aromatic rings. The number of rotatable bonds is 13. The number of aromatic nitrogens is 3. The summed E-state index contributed by atoms with van der Waals surface area (Å²) in [5, 5.41) is 21.5. The Morgan fingerprint density at radius 1 is 0.775 bits per heavy atom. The molecule has 3 heterocycles. The molecule has 0 amide bonds. The summed E-state index contributed by atoms with van der Waals surface area (Å²) in [6.07, 6.45) is 6.62. The van der Waals surface area contributed by atoms with Gasteiger partial charge < -0.3 is 10.2 Å². The van der Waals surface area contributed by atoms with E-state index in [2.05, 4.69) is 19.8 Å². The first-order valence-corrected chi connectivity index (χ1v) is 13.1. The maximum Gasteiger partial charge on any atom is 0.377 e. The van der Waals surface area contributed by atoms with Crippen molar-refractivity contribution in [3.8, 4) is 11.6 Å². The van der Waals surface area contributed by atoms with Crippen molar-refractivity contribution in [2.45, 2.75) is 40.2 Å². The second kappa shape index (κ2) is 13.5. The van der Waals surface area contributed by atoms with Crippen LogP contribution in [0.3, 0.4) is 0 Å². The SMILES string of the molecule is Cc1cc(C=O)c(O)c(CN(CCN(Cc2ccccn2)C[n+]2cc(C)cc(C=O)c2O)Cc2ccccn2)c1. The van der Waals surface area contributed by atoms with Gasteiger partial charge in [-0.05, 0) is 55.8 Å². The molecule has 0 atom stereocenters. The molecule has 3 aromatic heterocycles. The van der Waals surface area contributed by atoms with Crippen LogP contribution in [-0.4, -0.2) is 55.6 Å². The van der Waals surface area contributed by atoms with Crippen LogP contribution in [0.1, 0.15) is 48.8 Å². The fourth-order valence-electron chi connectivity index (χ4n) is 4.70. The highest BCUT2D eigenvalue weighted by molar-refractivity contribution is 5.80. The first kappa shape index (κ1) is 28.5. The second-order valence-electron chi connectivity index (χ2n) is 9.91. The highest BCUT2D eigenvalue weighted by atomic mass is 16.3. The van der Waals surface area contributed by atoms with E-state index in [-0.39, 0.29) is 22.8 Å². The zero-order valence-corrected chi connectivity index (χ0v) is 22.8. The number of phenols is 1. The minimum Gasteiger partial charge on any atom is -0.507 e. The van der Waals surface area contributed by atoms with Crippen molar-refractivity contribution < 1.29 is 24.4 Å². The van der Waals surface area contributed by atoms with Gasteiger partial charge in [0.25, 0.3) is 0 Å². The summed E-state index contributed by atoms with van der Waals surface area (Å²) in [5.41, 5.74) is 4.65. The van der Waals surface area contributed by atoms with E-state index in [0.29, 0.717) is 57.5 Å². The standard InChI is InChI=1S/C31H33N5O4/c1-23-13-25(30(39)26(14-23)20-37)17-34(18-28-7-3-5-9-32-28)11-12-35(19-29-8-4-6-10-33-29)22-36-16-24(2)15-27(21-38)31(36)40/h3-10,13-16,20-21H,11-12,17-19,22H2,1-2H3,(H,37,39)/p+1. The molecule has 1 aromatic carbocycles. The number of aryl methyl sites for hydroxylation is 2. The van der Waals surface area contributed by atoms with E-state index in [9.17, 15) is 19.8 Å². The molecule has 206 valence electrons. The van der Waals surface area contributed by atoms with Crippen LogP contribution in [0.2, 0.25) is 0 Å². The highest BCUT2D eigenvalue weighted by Crippen LogP contribution is 2.25. The largest absolute Gasteiger partial charge is 0.507 e. The lowest BCUT2D eigenvalue weighted by molar-refractivity contribution is -0.721. The van der Waals surface area contributed by atoms with Gasteiger partial charge in [0, 0.05) is 56.2 Å². The molecule has 4 rings (SSSR count). The fraction of sp³-hybridized carbons (Fsp3) is 0.258. The van der Waals surface area contributed by atoms with Crippen LogP contribution in [0.4, 0.5) is 0 Å². The van der Waals surface area contributed by atoms with Gasteiger partial charge in [-0.3, -0.25) is 24.5 Å². The number of hydrogen-bond acceptors (Lipinski definition) is 8. The van der Waals surface area contributed by atoms with Crippen LogP contribution in [0.25, 0.3) is 0 Å². The van der Waals surface area contributed by atoms with E-state index in [4.69, 9.17) is 0 Å². The van der Waals surface area contributed by atoms with Crippen LogP contribution in [0, 0.1) is 13.8 Å². The summed E-state index contributed by atoms with van der Waals surface area (Å²) < 4.78 is 1.66. The van der Waals surface area contributed by atoms with Gasteiger partial charge in [-0.1, -0.05) is 18.2 Å². The maximum absolute atomic E-state index is 11.5. The Kier molecular flexibility index (Phi) is 9.66. The Labute approximate surface area is 234 Å². The van der Waals surface area contributed by atoms with Gasteiger partial charge in [0.1, 0.15) is 11.3 Å². The van der Waals surface area contributed by atoms with E-state index < -0.39 is 0 Å². The molecular formula is C31H34N5O4+. The lowest BCUT2D eigenvalue weighted by Crippen LogP contribution is -2.46. The van der Waals surface area contributed by atoms with Crippen molar-refractivity contribution in [2.24, 2.45) is 0 Å². The monoisotopic (exact) mass is 540 g/mol. The number of carbonyl (C=O) groups excluding carboxylic acids is 2. The van der Waals surface area contributed by atoms with Crippen molar-refractivity contribution in [3.63, 3.8) is 0 Å². The predicted octanol–water partition coefficient (Wildman–Crippen LogP) is 3.58. The molecular weight excluding hydrogens is 506 g/mol. The van der Waals surface area contributed by atoms with Crippen molar-refractivity contribution in [1.82, 2.24) is 19.8 Å². The third kappa shape index (κ3) is 7.56. The summed E-state index contributed by atoms with van der Waals surface area (Å²) in [6, 6.07) is 16.7. The van der Waals surface area contributed by atoms with Crippen LogP contribution >= 0.6 is 0 Å². The summed E-state index contributed by atoms with van der Waals surface area (Å²) in [5.74, 6) is -0.110. The Balaban J connectivity index is 1.61. The Hall–Kier alpha value is -4.47. The lowest BCUT2D eigenvalue weighted by atomic mass is 10.0. The van der Waals surface area contributed by atoms with Crippen molar-refractivity contribution in [1.29, 1.82) is 0 Å². The van der Waals surface area contributed by atoms with E-state index in [1.54, 1.807) is 29.1 Å². The second-order valence-corrected chi connectivity index (χ2v) is 9.91. The Morgan fingerprint density at radius 2 is 1.38 bits per heavy atom. The maximum atomic E-state index is 11.5. The lowest BCUT2D eigenvalue weighted by Gasteiger charge is -2.27. The number of aromatic hydroxyl groups is 2. The molecule has 2 N–H and O–H groups in total. The molecule has 0 unspecified atom stereocenters. The summed E-state index contributed by atoms with van der Waals surface area (Å²) >= 11 is 0. The van der Waals surface area contributed by atoms with Crippen molar-refractivity contribution in [3.05, 3.63) is 112 Å². The smallest absolute Gasteiger partial charge is 0.377 e. The average molecular weight is 541 g/mol. The molecule has 0 saturated carbocycles. The topological polar surface area (TPSA) is 111 Å². The number of pyridine rings is 3. The molecule has 40 heavy (non-hydrogen) atoms. The van der Waals surface area contributed by atoms with Gasteiger partial charge in [0.05, 0.1) is 17.0 Å². The van der Waals surface area contributed by atoms with Gasteiger partial charge >= 0.3 is 5.88 Å². The number of nitrogens with zero attached hydrogens (tertiary/aromatic N) is 5. The zero-order valence-electron chi connectivity index (χ0n) is 22.8. The van der Waals surface area contributed by atoms with E-state index in [1.807, 2.05) is 62.5 Å². The van der Waals surface area contributed by atoms with Gasteiger partial charge in [-0.25, -0.2) is 4.90 Å². The first-order valence-electron chi connectivity index (χ1n) is 13.1. The molecule has 0 bridgehead atoms. The van der Waals surface area contributed by atoms with Crippen molar-refractivity contribution >= 4 is 12.6 Å². The predicted molar refractivity (Wildman–Crippen MR) is 150 cm³/mol. The van der Waals surface area contributed by atoms with E-state index in [0.717, 1.165) is 22.5 Å². The van der Waals surface area contributed by atoms with Gasteiger partial charge in [-0.2, -0.15) is 4.57 Å². The quantitative estimate of drug-likeness (QED) is 0.196. The van der Waals surface area contributed by atoms with Gasteiger partial charge in [0.2, 0.25) is 6.67 Å². The van der Waals surface area contributed by atoms with Gasteiger partial charge in [0.15, 0.2) is 18.8 Å². The average Bonchev–Trinajstić information content (AvgIpc) is 2.96. The summed E-state index contributed by atoms with van der Waals surface area (Å²) in [7, 11) is 0. The summed E-state index contributed by atoms with van der Waals surface area (Å²) in [6.45, 7) is 6.71. The number of aldehydes is 2. The minimum absolute atomic E-state index is 0.0152. The minimum atomic E-state index is -0.0944. The molecule has 0 aliphatic carbocycles. The number of phenolic OH excluding ortho intramolecular Hbond substituents is 1. The molecule has 0 aliphatic rings. The molecule has 0 saturated heterocycles. The fourth-order valence-corrected chi connectivity index (χ4v) is 4.70. The third-order valence-electron chi connectivity index (χ3n) is 6.59. The molecule has 9 heteroatoms. The number of carbonyl (C=O) groups is 2. The van der Waals surface area contributed by atoms with Crippen LogP contribution in [0.15, 0.2) is 73.2 Å². The van der Waals surface area contributed by atoms with E-state index >= 15 is 0 Å². The van der Waals surface area contributed by atoms with Crippen LogP contribution < -0.4 is 4.57 Å². The third-order valence-corrected chi connectivity index (χ3v) is 6.59. The zero-order chi connectivity index (χ0) is 28.5. The Morgan fingerprint density at radius 3 is 1.98 bits per heavy atom. The molecule has 0 radical (unpaired) electrons. The number of hydrogen-bond donors (Lipinski definition) is 2. The van der Waals surface area contributed by atoms with Crippen LogP contribution in [-0.2, 0) is 26.3 Å². The molecule has 0 spiro atoms. The normalized spacial score (nSPS) is 11.2.